The van der Waals surface area contributed by atoms with Gasteiger partial charge in [0.1, 0.15) is 0 Å². The van der Waals surface area contributed by atoms with E-state index in [2.05, 4.69) is 43.4 Å². The zero-order valence-corrected chi connectivity index (χ0v) is 19.8. The van der Waals surface area contributed by atoms with E-state index in [0.29, 0.717) is 32.1 Å². The quantitative estimate of drug-likeness (QED) is 0.159. The largest absolute Gasteiger partial charge is 0.391 e. The number of rotatable bonds is 17. The summed E-state index contributed by atoms with van der Waals surface area (Å²) in [6, 6.07) is -0.173. The maximum absolute atomic E-state index is 12.7. The van der Waals surface area contributed by atoms with Crippen molar-refractivity contribution in [1.29, 1.82) is 0 Å². The molecule has 8 heteroatoms. The summed E-state index contributed by atoms with van der Waals surface area (Å²) in [7, 11) is 3.82. The standard InChI is InChI=1S/C21H47N5O3/c1-8-17(5)20(18(27)9-2)26(7)19(28)15-23-24-21(16(3)4)25(6)12-14-29-13-10-11-22/h16-18,20-21,23-24,27H,8-15,22H2,1-7H3. The van der Waals surface area contributed by atoms with Crippen molar-refractivity contribution in [3.63, 3.8) is 0 Å². The second kappa shape index (κ2) is 16.0. The van der Waals surface area contributed by atoms with Crippen LogP contribution in [0.5, 0.6) is 0 Å². The molecule has 0 aliphatic heterocycles. The van der Waals surface area contributed by atoms with Crippen molar-refractivity contribution in [1.82, 2.24) is 20.7 Å². The molecule has 0 fully saturated rings. The number of hydrogen-bond acceptors (Lipinski definition) is 7. The van der Waals surface area contributed by atoms with E-state index in [1.54, 1.807) is 11.9 Å². The fourth-order valence-electron chi connectivity index (χ4n) is 3.45. The summed E-state index contributed by atoms with van der Waals surface area (Å²) >= 11 is 0. The maximum atomic E-state index is 12.7. The van der Waals surface area contributed by atoms with Gasteiger partial charge in [-0.25, -0.2) is 10.9 Å². The highest BCUT2D eigenvalue weighted by atomic mass is 16.5. The SMILES string of the molecule is CCC(C)C(C(O)CC)N(C)C(=O)CNNC(C(C)C)N(C)CCOCCCN. The lowest BCUT2D eigenvalue weighted by Crippen LogP contribution is -2.56. The van der Waals surface area contributed by atoms with E-state index in [1.807, 2.05) is 14.0 Å². The third-order valence-corrected chi connectivity index (χ3v) is 5.56. The van der Waals surface area contributed by atoms with Crippen LogP contribution in [0.3, 0.4) is 0 Å². The Balaban J connectivity index is 4.59. The molecule has 0 bridgehead atoms. The molecule has 0 radical (unpaired) electrons. The number of carbonyl (C=O) groups is 1. The molecule has 8 nitrogen and oxygen atoms in total. The van der Waals surface area contributed by atoms with Gasteiger partial charge in [-0.15, -0.1) is 0 Å². The van der Waals surface area contributed by atoms with Crippen LogP contribution in [-0.2, 0) is 9.53 Å². The lowest BCUT2D eigenvalue weighted by Gasteiger charge is -2.36. The van der Waals surface area contributed by atoms with Crippen molar-refractivity contribution in [2.24, 2.45) is 17.6 Å². The third-order valence-electron chi connectivity index (χ3n) is 5.56. The zero-order chi connectivity index (χ0) is 22.4. The average Bonchev–Trinajstić information content (AvgIpc) is 2.69. The lowest BCUT2D eigenvalue weighted by molar-refractivity contribution is -0.135. The smallest absolute Gasteiger partial charge is 0.238 e. The first-order valence-electron chi connectivity index (χ1n) is 11.1. The molecule has 0 heterocycles. The van der Waals surface area contributed by atoms with E-state index in [-0.39, 0.29) is 30.6 Å². The van der Waals surface area contributed by atoms with Gasteiger partial charge < -0.3 is 20.5 Å². The molecule has 0 aliphatic rings. The number of ether oxygens (including phenoxy) is 1. The Hall–Kier alpha value is -0.770. The van der Waals surface area contributed by atoms with Crippen molar-refractivity contribution < 1.29 is 14.6 Å². The van der Waals surface area contributed by atoms with Gasteiger partial charge in [0.15, 0.2) is 0 Å². The number of hydrogen-bond donors (Lipinski definition) is 4. The number of aliphatic hydroxyl groups is 1. The van der Waals surface area contributed by atoms with Gasteiger partial charge in [0.25, 0.3) is 0 Å². The van der Waals surface area contributed by atoms with Gasteiger partial charge in [0.2, 0.25) is 5.91 Å². The first-order valence-corrected chi connectivity index (χ1v) is 11.1. The Bertz CT molecular complexity index is 415. The predicted octanol–water partition coefficient (Wildman–Crippen LogP) is 1.00. The van der Waals surface area contributed by atoms with Crippen LogP contribution >= 0.6 is 0 Å². The summed E-state index contributed by atoms with van der Waals surface area (Å²) < 4.78 is 5.59. The molecule has 0 saturated carbocycles. The Morgan fingerprint density at radius 1 is 1.14 bits per heavy atom. The fraction of sp³-hybridized carbons (Fsp3) is 0.952. The predicted molar refractivity (Wildman–Crippen MR) is 119 cm³/mol. The third kappa shape index (κ3) is 10.7. The van der Waals surface area contributed by atoms with Crippen LogP contribution in [0.2, 0.25) is 0 Å². The summed E-state index contributed by atoms with van der Waals surface area (Å²) in [5.74, 6) is 0.547. The number of carbonyl (C=O) groups excluding carboxylic acids is 1. The van der Waals surface area contributed by atoms with Gasteiger partial charge in [-0.05, 0) is 38.3 Å². The number of amides is 1. The molecule has 174 valence electrons. The topological polar surface area (TPSA) is 103 Å². The monoisotopic (exact) mass is 417 g/mol. The number of nitrogens with one attached hydrogen (secondary N) is 2. The molecule has 4 unspecified atom stereocenters. The normalized spacial score (nSPS) is 16.1. The summed E-state index contributed by atoms with van der Waals surface area (Å²) in [5.41, 5.74) is 11.8. The zero-order valence-electron chi connectivity index (χ0n) is 19.8. The van der Waals surface area contributed by atoms with Crippen LogP contribution in [0.1, 0.15) is 53.9 Å². The highest BCUT2D eigenvalue weighted by Crippen LogP contribution is 2.19. The summed E-state index contributed by atoms with van der Waals surface area (Å²) in [4.78, 5) is 16.6. The van der Waals surface area contributed by atoms with Gasteiger partial charge in [0.05, 0.1) is 31.5 Å². The second-order valence-electron chi connectivity index (χ2n) is 8.28. The van der Waals surface area contributed by atoms with Crippen LogP contribution in [0.25, 0.3) is 0 Å². The molecule has 29 heavy (non-hydrogen) atoms. The molecule has 0 aromatic carbocycles. The van der Waals surface area contributed by atoms with Crippen molar-refractivity contribution >= 4 is 5.91 Å². The van der Waals surface area contributed by atoms with Gasteiger partial charge >= 0.3 is 0 Å². The summed E-state index contributed by atoms with van der Waals surface area (Å²) in [5, 5.41) is 10.4. The number of likely N-dealkylation sites (N-methyl/N-ethyl adjacent to an activating group) is 2. The van der Waals surface area contributed by atoms with Crippen LogP contribution in [0.4, 0.5) is 0 Å². The van der Waals surface area contributed by atoms with Crippen LogP contribution in [0, 0.1) is 11.8 Å². The van der Waals surface area contributed by atoms with E-state index >= 15 is 0 Å². The first kappa shape index (κ1) is 28.2. The fourth-order valence-corrected chi connectivity index (χ4v) is 3.45. The molecular formula is C21H47N5O3. The van der Waals surface area contributed by atoms with Crippen LogP contribution < -0.4 is 16.6 Å². The van der Waals surface area contributed by atoms with Crippen LogP contribution in [0.15, 0.2) is 0 Å². The van der Waals surface area contributed by atoms with Crippen molar-refractivity contribution in [3.8, 4) is 0 Å². The minimum Gasteiger partial charge on any atom is -0.391 e. The van der Waals surface area contributed by atoms with E-state index in [0.717, 1.165) is 19.4 Å². The number of nitrogens with zero attached hydrogens (tertiary/aromatic N) is 2. The highest BCUT2D eigenvalue weighted by Gasteiger charge is 2.30. The first-order chi connectivity index (χ1) is 13.7. The molecule has 0 saturated heterocycles. The molecule has 0 aromatic rings. The van der Waals surface area contributed by atoms with E-state index in [4.69, 9.17) is 10.5 Å². The van der Waals surface area contributed by atoms with Gasteiger partial charge in [-0.3, -0.25) is 9.69 Å². The van der Waals surface area contributed by atoms with Gasteiger partial charge in [-0.2, -0.15) is 0 Å². The molecule has 0 aromatic heterocycles. The summed E-state index contributed by atoms with van der Waals surface area (Å²) in [6.45, 7) is 13.3. The molecule has 0 aliphatic carbocycles. The minimum absolute atomic E-state index is 0.0365. The van der Waals surface area contributed by atoms with E-state index in [9.17, 15) is 9.90 Å². The van der Waals surface area contributed by atoms with E-state index < -0.39 is 6.10 Å². The molecule has 4 atom stereocenters. The molecule has 0 spiro atoms. The average molecular weight is 418 g/mol. The van der Waals surface area contributed by atoms with E-state index in [1.165, 1.54) is 0 Å². The maximum Gasteiger partial charge on any atom is 0.238 e. The van der Waals surface area contributed by atoms with Gasteiger partial charge in [0, 0.05) is 20.2 Å². The summed E-state index contributed by atoms with van der Waals surface area (Å²) in [6.07, 6.45) is 1.97. The van der Waals surface area contributed by atoms with Crippen LogP contribution in [-0.4, -0.2) is 86.1 Å². The Kier molecular flexibility index (Phi) is 15.6. The number of hydrazine groups is 1. The molecule has 1 amide bonds. The minimum atomic E-state index is -0.513. The number of nitrogens with two attached hydrogens (primary N) is 1. The van der Waals surface area contributed by atoms with Crippen molar-refractivity contribution in [3.05, 3.63) is 0 Å². The number of aliphatic hydroxyl groups excluding tert-OH is 1. The Labute approximate surface area is 178 Å². The van der Waals surface area contributed by atoms with Crippen molar-refractivity contribution in [2.75, 3.05) is 46.9 Å². The molecular weight excluding hydrogens is 370 g/mol. The molecule has 0 rings (SSSR count). The molecule has 5 N–H and O–H groups in total. The Morgan fingerprint density at radius 2 is 1.79 bits per heavy atom. The lowest BCUT2D eigenvalue weighted by atomic mass is 9.91. The highest BCUT2D eigenvalue weighted by molar-refractivity contribution is 5.78. The Morgan fingerprint density at radius 3 is 2.31 bits per heavy atom. The second-order valence-corrected chi connectivity index (χ2v) is 8.28. The van der Waals surface area contributed by atoms with Gasteiger partial charge in [-0.1, -0.05) is 41.0 Å². The van der Waals surface area contributed by atoms with Crippen molar-refractivity contribution in [2.45, 2.75) is 72.2 Å².